The van der Waals surface area contributed by atoms with Gasteiger partial charge in [-0.1, -0.05) is 24.3 Å². The first-order valence-electron chi connectivity index (χ1n) is 12.4. The summed E-state index contributed by atoms with van der Waals surface area (Å²) >= 11 is 0. The summed E-state index contributed by atoms with van der Waals surface area (Å²) in [5, 5.41) is 0. The third-order valence-corrected chi connectivity index (χ3v) is 5.38. The van der Waals surface area contributed by atoms with Gasteiger partial charge in [-0.05, 0) is 60.7 Å². The second kappa shape index (κ2) is 15.0. The van der Waals surface area contributed by atoms with E-state index >= 15 is 0 Å². The van der Waals surface area contributed by atoms with Crippen LogP contribution in [0.2, 0.25) is 0 Å². The Hall–Kier alpha value is -5.50. The van der Waals surface area contributed by atoms with E-state index < -0.39 is 0 Å². The van der Waals surface area contributed by atoms with E-state index in [0.29, 0.717) is 0 Å². The highest BCUT2D eigenvalue weighted by Gasteiger charge is 2.04. The zero-order valence-electron chi connectivity index (χ0n) is 22.2. The number of pyridine rings is 6. The summed E-state index contributed by atoms with van der Waals surface area (Å²) in [4.78, 5) is 25.2. The molecule has 0 saturated heterocycles. The first kappa shape index (κ1) is 27.5. The van der Waals surface area contributed by atoms with Crippen molar-refractivity contribution in [3.8, 4) is 45.7 Å². The maximum atomic E-state index is 5.13. The molecule has 6 aromatic heterocycles. The third kappa shape index (κ3) is 8.26. The lowest BCUT2D eigenvalue weighted by molar-refractivity contribution is 0.413. The van der Waals surface area contributed by atoms with Crippen LogP contribution < -0.4 is 9.47 Å². The summed E-state index contributed by atoms with van der Waals surface area (Å²) < 4.78 is 10.3. The van der Waals surface area contributed by atoms with Crippen molar-refractivity contribution >= 4 is 0 Å². The van der Waals surface area contributed by atoms with Crippen molar-refractivity contribution in [3.63, 3.8) is 0 Å². The van der Waals surface area contributed by atoms with Crippen LogP contribution in [0.4, 0.5) is 0 Å². The zero-order valence-corrected chi connectivity index (χ0v) is 22.2. The SMILES string of the molecule is COc1ccnc(-c2cc(OC)ccn2)c1.c1ccc(-c2ccccn2)nc1.c1ccc(-c2ccccn2)nc1. The number of rotatable bonds is 5. The Bertz CT molecular complexity index is 1360. The minimum Gasteiger partial charge on any atom is -0.497 e. The molecule has 0 aliphatic rings. The molecular formula is C32H28N6O2. The first-order valence-corrected chi connectivity index (χ1v) is 12.4. The molecule has 6 rings (SSSR count). The van der Waals surface area contributed by atoms with Gasteiger partial charge in [-0.2, -0.15) is 0 Å². The number of aromatic nitrogens is 6. The van der Waals surface area contributed by atoms with Gasteiger partial charge in [0.15, 0.2) is 0 Å². The smallest absolute Gasteiger partial charge is 0.122 e. The second-order valence-electron chi connectivity index (χ2n) is 8.02. The maximum absolute atomic E-state index is 5.13. The van der Waals surface area contributed by atoms with Gasteiger partial charge in [0, 0.05) is 49.3 Å². The van der Waals surface area contributed by atoms with E-state index in [0.717, 1.165) is 45.7 Å². The Kier molecular flexibility index (Phi) is 10.4. The van der Waals surface area contributed by atoms with E-state index in [1.807, 2.05) is 84.9 Å². The number of ether oxygens (including phenoxy) is 2. The maximum Gasteiger partial charge on any atom is 0.122 e. The number of methoxy groups -OCH3 is 2. The summed E-state index contributed by atoms with van der Waals surface area (Å²) in [5.74, 6) is 1.52. The number of hydrogen-bond acceptors (Lipinski definition) is 8. The molecule has 0 radical (unpaired) electrons. The Morgan fingerprint density at radius 2 is 0.650 bits per heavy atom. The summed E-state index contributed by atoms with van der Waals surface area (Å²) in [6, 6.07) is 30.5. The van der Waals surface area contributed by atoms with Crippen molar-refractivity contribution in [2.45, 2.75) is 0 Å². The molecule has 0 unspecified atom stereocenters. The van der Waals surface area contributed by atoms with Gasteiger partial charge in [-0.3, -0.25) is 29.9 Å². The van der Waals surface area contributed by atoms with Gasteiger partial charge < -0.3 is 9.47 Å². The molecule has 0 N–H and O–H groups in total. The fourth-order valence-corrected chi connectivity index (χ4v) is 3.41. The predicted octanol–water partition coefficient (Wildman–Crippen LogP) is 6.45. The fraction of sp³-hybridized carbons (Fsp3) is 0.0625. The molecule has 6 aromatic rings. The standard InChI is InChI=1S/C12H12N2O2.2C10H8N2/c1-15-9-3-5-13-11(7-9)12-8-10(16-2)4-6-14-12;2*1-3-7-11-9(5-1)10-6-2-4-8-12-10/h3-8H,1-2H3;2*1-8H. The fourth-order valence-electron chi connectivity index (χ4n) is 3.41. The highest BCUT2D eigenvalue weighted by molar-refractivity contribution is 5.57. The van der Waals surface area contributed by atoms with Crippen molar-refractivity contribution in [1.82, 2.24) is 29.9 Å². The summed E-state index contributed by atoms with van der Waals surface area (Å²) in [6.45, 7) is 0. The van der Waals surface area contributed by atoms with Crippen molar-refractivity contribution in [2.24, 2.45) is 0 Å². The minimum absolute atomic E-state index is 0.759. The van der Waals surface area contributed by atoms with Crippen LogP contribution in [0.1, 0.15) is 0 Å². The van der Waals surface area contributed by atoms with Crippen molar-refractivity contribution in [3.05, 3.63) is 134 Å². The van der Waals surface area contributed by atoms with E-state index in [9.17, 15) is 0 Å². The van der Waals surface area contributed by atoms with Crippen LogP contribution in [0.3, 0.4) is 0 Å². The predicted molar refractivity (Wildman–Crippen MR) is 156 cm³/mol. The lowest BCUT2D eigenvalue weighted by atomic mass is 10.2. The first-order chi connectivity index (χ1) is 19.8. The van der Waals surface area contributed by atoms with Gasteiger partial charge in [0.1, 0.15) is 11.5 Å². The van der Waals surface area contributed by atoms with Gasteiger partial charge in [0.05, 0.1) is 48.4 Å². The molecule has 0 atom stereocenters. The molecule has 0 aliphatic carbocycles. The average Bonchev–Trinajstić information content (AvgIpc) is 3.07. The molecular weight excluding hydrogens is 500 g/mol. The molecule has 6 heterocycles. The van der Waals surface area contributed by atoms with E-state index in [4.69, 9.17) is 9.47 Å². The monoisotopic (exact) mass is 528 g/mol. The van der Waals surface area contributed by atoms with Gasteiger partial charge in [0.25, 0.3) is 0 Å². The van der Waals surface area contributed by atoms with E-state index in [-0.39, 0.29) is 0 Å². The van der Waals surface area contributed by atoms with Gasteiger partial charge in [-0.25, -0.2) is 0 Å². The Morgan fingerprint density at radius 1 is 0.350 bits per heavy atom. The zero-order chi connectivity index (χ0) is 27.8. The van der Waals surface area contributed by atoms with Crippen LogP contribution >= 0.6 is 0 Å². The van der Waals surface area contributed by atoms with Crippen LogP contribution in [0.15, 0.2) is 134 Å². The molecule has 198 valence electrons. The van der Waals surface area contributed by atoms with E-state index in [1.165, 1.54) is 0 Å². The summed E-state index contributed by atoms with van der Waals surface area (Å²) in [7, 11) is 3.25. The van der Waals surface area contributed by atoms with Crippen molar-refractivity contribution < 1.29 is 9.47 Å². The van der Waals surface area contributed by atoms with Crippen LogP contribution in [0, 0.1) is 0 Å². The average molecular weight is 529 g/mol. The van der Waals surface area contributed by atoms with Gasteiger partial charge in [0.2, 0.25) is 0 Å². The lowest BCUT2D eigenvalue weighted by Crippen LogP contribution is -1.90. The number of nitrogens with zero attached hydrogens (tertiary/aromatic N) is 6. The molecule has 0 fully saturated rings. The van der Waals surface area contributed by atoms with Gasteiger partial charge in [-0.15, -0.1) is 0 Å². The van der Waals surface area contributed by atoms with Crippen molar-refractivity contribution in [2.75, 3.05) is 14.2 Å². The molecule has 0 aromatic carbocycles. The van der Waals surface area contributed by atoms with Crippen LogP contribution in [0.5, 0.6) is 11.5 Å². The molecule has 8 nitrogen and oxygen atoms in total. The number of hydrogen-bond donors (Lipinski definition) is 0. The summed E-state index contributed by atoms with van der Waals surface area (Å²) in [5.41, 5.74) is 5.18. The Balaban J connectivity index is 0.000000141. The molecule has 0 amide bonds. The molecule has 0 spiro atoms. The van der Waals surface area contributed by atoms with Gasteiger partial charge >= 0.3 is 0 Å². The second-order valence-corrected chi connectivity index (χ2v) is 8.02. The topological polar surface area (TPSA) is 95.8 Å². The molecule has 8 heteroatoms. The molecule has 0 bridgehead atoms. The Morgan fingerprint density at radius 3 is 0.900 bits per heavy atom. The normalized spacial score (nSPS) is 9.75. The molecule has 0 saturated carbocycles. The van der Waals surface area contributed by atoms with Crippen LogP contribution in [0.25, 0.3) is 34.2 Å². The molecule has 0 aliphatic heterocycles. The third-order valence-electron chi connectivity index (χ3n) is 5.38. The van der Waals surface area contributed by atoms with E-state index in [2.05, 4.69) is 29.9 Å². The Labute approximate surface area is 233 Å². The van der Waals surface area contributed by atoms with E-state index in [1.54, 1.807) is 63.5 Å². The quantitative estimate of drug-likeness (QED) is 0.252. The highest BCUT2D eigenvalue weighted by atomic mass is 16.5. The highest BCUT2D eigenvalue weighted by Crippen LogP contribution is 2.22. The lowest BCUT2D eigenvalue weighted by Gasteiger charge is -2.04. The van der Waals surface area contributed by atoms with Crippen LogP contribution in [-0.2, 0) is 0 Å². The largest absolute Gasteiger partial charge is 0.497 e. The van der Waals surface area contributed by atoms with Crippen molar-refractivity contribution in [1.29, 1.82) is 0 Å². The minimum atomic E-state index is 0.759. The molecule has 40 heavy (non-hydrogen) atoms. The van der Waals surface area contributed by atoms with Crippen LogP contribution in [-0.4, -0.2) is 44.1 Å². The summed E-state index contributed by atoms with van der Waals surface area (Å²) in [6.07, 6.45) is 10.5.